The highest BCUT2D eigenvalue weighted by atomic mass is 32.2. The van der Waals surface area contributed by atoms with Crippen LogP contribution in [0.25, 0.3) is 6.08 Å². The zero-order valence-electron chi connectivity index (χ0n) is 11.0. The molecule has 3 N–H and O–H groups in total. The van der Waals surface area contributed by atoms with Crippen molar-refractivity contribution in [2.24, 2.45) is 0 Å². The number of hydrogen-bond donors (Lipinski definition) is 3. The Kier molecular flexibility index (Phi) is 4.71. The highest BCUT2D eigenvalue weighted by Gasteiger charge is 2.26. The van der Waals surface area contributed by atoms with Crippen molar-refractivity contribution in [1.82, 2.24) is 9.44 Å². The van der Waals surface area contributed by atoms with Crippen LogP contribution >= 0.6 is 0 Å². The van der Waals surface area contributed by atoms with Gasteiger partial charge >= 0.3 is 5.97 Å². The van der Waals surface area contributed by atoms with Crippen LogP contribution in [0.15, 0.2) is 24.3 Å². The van der Waals surface area contributed by atoms with Gasteiger partial charge in [0.2, 0.25) is 0 Å². The van der Waals surface area contributed by atoms with Crippen molar-refractivity contribution in [1.29, 1.82) is 0 Å². The summed E-state index contributed by atoms with van der Waals surface area (Å²) in [5, 5.41) is 8.54. The molecule has 0 saturated heterocycles. The molecule has 1 aromatic rings. The average Bonchev–Trinajstić information content (AvgIpc) is 3.19. The van der Waals surface area contributed by atoms with Crippen molar-refractivity contribution in [2.75, 3.05) is 0 Å². The van der Waals surface area contributed by atoms with Gasteiger partial charge in [-0.05, 0) is 36.6 Å². The minimum absolute atomic E-state index is 0.0304. The van der Waals surface area contributed by atoms with Crippen molar-refractivity contribution in [2.45, 2.75) is 25.4 Å². The monoisotopic (exact) mass is 314 g/mol. The quantitative estimate of drug-likeness (QED) is 0.655. The Balaban J connectivity index is 2.04. The Hall–Kier alpha value is -1.77. The number of carboxylic acid groups (broad SMARTS) is 1. The summed E-state index contributed by atoms with van der Waals surface area (Å²) in [4.78, 5) is 10.4. The molecular formula is C13H15FN2O4S. The Morgan fingerprint density at radius 3 is 2.76 bits per heavy atom. The van der Waals surface area contributed by atoms with Crippen LogP contribution in [0.1, 0.15) is 24.0 Å². The molecule has 1 aromatic carbocycles. The number of carbonyl (C=O) groups is 1. The molecule has 0 heterocycles. The summed E-state index contributed by atoms with van der Waals surface area (Å²) in [7, 11) is -3.65. The molecule has 1 fully saturated rings. The minimum Gasteiger partial charge on any atom is -0.478 e. The van der Waals surface area contributed by atoms with Crippen LogP contribution in [-0.2, 0) is 21.5 Å². The minimum atomic E-state index is -3.65. The van der Waals surface area contributed by atoms with Gasteiger partial charge in [0.1, 0.15) is 5.82 Å². The largest absolute Gasteiger partial charge is 0.478 e. The second-order valence-corrected chi connectivity index (χ2v) is 6.27. The van der Waals surface area contributed by atoms with Gasteiger partial charge in [0.25, 0.3) is 10.2 Å². The van der Waals surface area contributed by atoms with Crippen LogP contribution < -0.4 is 9.44 Å². The molecule has 114 valence electrons. The van der Waals surface area contributed by atoms with E-state index in [1.165, 1.54) is 24.3 Å². The van der Waals surface area contributed by atoms with E-state index in [0.717, 1.165) is 18.9 Å². The maximum atomic E-state index is 13.6. The maximum absolute atomic E-state index is 13.6. The molecule has 0 radical (unpaired) electrons. The fourth-order valence-electron chi connectivity index (χ4n) is 1.64. The lowest BCUT2D eigenvalue weighted by Crippen LogP contribution is -2.37. The summed E-state index contributed by atoms with van der Waals surface area (Å²) in [6, 6.07) is 3.94. The molecule has 0 aliphatic heterocycles. The molecule has 2 rings (SSSR count). The number of hydrogen-bond acceptors (Lipinski definition) is 3. The van der Waals surface area contributed by atoms with Crippen molar-refractivity contribution < 1.29 is 22.7 Å². The molecule has 0 unspecified atom stereocenters. The molecule has 1 aliphatic rings. The lowest BCUT2D eigenvalue weighted by molar-refractivity contribution is -0.131. The second kappa shape index (κ2) is 6.33. The summed E-state index contributed by atoms with van der Waals surface area (Å²) in [5.41, 5.74) is 0.617. The van der Waals surface area contributed by atoms with E-state index in [-0.39, 0.29) is 18.2 Å². The van der Waals surface area contributed by atoms with Crippen molar-refractivity contribution in [3.05, 3.63) is 41.2 Å². The molecule has 1 aliphatic carbocycles. The fourth-order valence-corrected chi connectivity index (χ4v) is 2.74. The predicted octanol–water partition coefficient (Wildman–Crippen LogP) is 1.01. The highest BCUT2D eigenvalue weighted by Crippen LogP contribution is 2.19. The Labute approximate surface area is 121 Å². The summed E-state index contributed by atoms with van der Waals surface area (Å²) in [5.74, 6) is -1.67. The van der Waals surface area contributed by atoms with Crippen molar-refractivity contribution in [3.63, 3.8) is 0 Å². The van der Waals surface area contributed by atoms with E-state index >= 15 is 0 Å². The molecule has 8 heteroatoms. The number of carboxylic acids is 1. The molecular weight excluding hydrogens is 299 g/mol. The molecule has 0 spiro atoms. The average molecular weight is 314 g/mol. The molecule has 1 saturated carbocycles. The summed E-state index contributed by atoms with van der Waals surface area (Å²) < 4.78 is 41.6. The Morgan fingerprint density at radius 1 is 1.43 bits per heavy atom. The van der Waals surface area contributed by atoms with Gasteiger partial charge in [-0.3, -0.25) is 0 Å². The van der Waals surface area contributed by atoms with E-state index in [1.807, 2.05) is 0 Å². The van der Waals surface area contributed by atoms with Crippen LogP contribution in [0.5, 0.6) is 0 Å². The number of benzene rings is 1. The number of rotatable bonds is 7. The molecule has 0 bridgehead atoms. The third-order valence-electron chi connectivity index (χ3n) is 2.84. The van der Waals surface area contributed by atoms with E-state index in [4.69, 9.17) is 5.11 Å². The van der Waals surface area contributed by atoms with Crippen LogP contribution in [-0.4, -0.2) is 25.5 Å². The Bertz CT molecular complexity index is 669. The van der Waals surface area contributed by atoms with Gasteiger partial charge in [-0.1, -0.05) is 6.07 Å². The van der Waals surface area contributed by atoms with Gasteiger partial charge in [0, 0.05) is 24.2 Å². The molecule has 21 heavy (non-hydrogen) atoms. The maximum Gasteiger partial charge on any atom is 0.328 e. The van der Waals surface area contributed by atoms with Crippen molar-refractivity contribution in [3.8, 4) is 0 Å². The normalized spacial score (nSPS) is 15.5. The zero-order valence-corrected chi connectivity index (χ0v) is 11.9. The zero-order chi connectivity index (χ0) is 15.5. The highest BCUT2D eigenvalue weighted by molar-refractivity contribution is 7.87. The molecule has 0 aromatic heterocycles. The van der Waals surface area contributed by atoms with E-state index in [2.05, 4.69) is 9.44 Å². The predicted molar refractivity (Wildman–Crippen MR) is 75.0 cm³/mol. The van der Waals surface area contributed by atoms with Crippen LogP contribution in [0, 0.1) is 5.82 Å². The summed E-state index contributed by atoms with van der Waals surface area (Å²) in [6.45, 7) is -0.206. The van der Waals surface area contributed by atoms with Gasteiger partial charge in [-0.2, -0.15) is 17.9 Å². The standard InChI is InChI=1S/C13H15FN2O4S/c14-12-5-1-9(2-6-13(17)18)7-10(12)8-15-21(19,20)16-11-3-4-11/h1-2,5-7,11,15-16H,3-4,8H2,(H,17,18)/b6-2+. The first-order chi connectivity index (χ1) is 9.85. The number of aliphatic carboxylic acids is 1. The van der Waals surface area contributed by atoms with E-state index in [0.29, 0.717) is 5.56 Å². The number of nitrogens with one attached hydrogen (secondary N) is 2. The molecule has 0 atom stereocenters. The smallest absolute Gasteiger partial charge is 0.328 e. The summed E-state index contributed by atoms with van der Waals surface area (Å²) in [6.07, 6.45) is 3.85. The van der Waals surface area contributed by atoms with E-state index < -0.39 is 22.0 Å². The summed E-state index contributed by atoms with van der Waals surface area (Å²) >= 11 is 0. The van der Waals surface area contributed by atoms with E-state index in [1.54, 1.807) is 0 Å². The van der Waals surface area contributed by atoms with Crippen LogP contribution in [0.3, 0.4) is 0 Å². The van der Waals surface area contributed by atoms with Crippen LogP contribution in [0.2, 0.25) is 0 Å². The van der Waals surface area contributed by atoms with Gasteiger partial charge in [-0.15, -0.1) is 0 Å². The lowest BCUT2D eigenvalue weighted by atomic mass is 10.1. The third-order valence-corrected chi connectivity index (χ3v) is 4.01. The SMILES string of the molecule is O=C(O)/C=C/c1ccc(F)c(CNS(=O)(=O)NC2CC2)c1. The first kappa shape index (κ1) is 15.6. The van der Waals surface area contributed by atoms with Gasteiger partial charge in [0.15, 0.2) is 0 Å². The van der Waals surface area contributed by atoms with Gasteiger partial charge in [-0.25, -0.2) is 9.18 Å². The second-order valence-electron chi connectivity index (χ2n) is 4.74. The van der Waals surface area contributed by atoms with Gasteiger partial charge in [0.05, 0.1) is 0 Å². The van der Waals surface area contributed by atoms with E-state index in [9.17, 15) is 17.6 Å². The van der Waals surface area contributed by atoms with Gasteiger partial charge < -0.3 is 5.11 Å². The molecule has 0 amide bonds. The third kappa shape index (κ3) is 5.25. The van der Waals surface area contributed by atoms with Crippen LogP contribution in [0.4, 0.5) is 4.39 Å². The topological polar surface area (TPSA) is 95.5 Å². The first-order valence-corrected chi connectivity index (χ1v) is 7.80. The fraction of sp³-hybridized carbons (Fsp3) is 0.308. The first-order valence-electron chi connectivity index (χ1n) is 6.32. The lowest BCUT2D eigenvalue weighted by Gasteiger charge is -2.08. The van der Waals surface area contributed by atoms with Crippen molar-refractivity contribution >= 4 is 22.3 Å². The molecule has 6 nitrogen and oxygen atoms in total. The Morgan fingerprint density at radius 2 is 2.14 bits per heavy atom. The number of halogens is 1.